The quantitative estimate of drug-likeness (QED) is 0.642. The van der Waals surface area contributed by atoms with E-state index < -0.39 is 11.8 Å². The molecule has 4 nitrogen and oxygen atoms in total. The highest BCUT2D eigenvalue weighted by molar-refractivity contribution is 6.37. The summed E-state index contributed by atoms with van der Waals surface area (Å²) in [6, 6.07) is 7.25. The number of rotatable bonds is 3. The summed E-state index contributed by atoms with van der Waals surface area (Å²) in [6.07, 6.45) is 0. The highest BCUT2D eigenvalue weighted by atomic mass is 35.5. The van der Waals surface area contributed by atoms with Crippen molar-refractivity contribution in [3.8, 4) is 0 Å². The van der Waals surface area contributed by atoms with Crippen LogP contribution in [0.2, 0.25) is 10.0 Å². The lowest BCUT2D eigenvalue weighted by atomic mass is 10.1. The number of methoxy groups -OCH3 is 1. The minimum Gasteiger partial charge on any atom is -0.463 e. The molecule has 0 saturated carbocycles. The second kappa shape index (κ2) is 5.47. The van der Waals surface area contributed by atoms with Gasteiger partial charge in [0.15, 0.2) is 5.76 Å². The van der Waals surface area contributed by atoms with Gasteiger partial charge in [-0.05, 0) is 30.3 Å². The van der Waals surface area contributed by atoms with Crippen molar-refractivity contribution in [2.75, 3.05) is 7.11 Å². The van der Waals surface area contributed by atoms with Crippen LogP contribution in [0.15, 0.2) is 34.7 Å². The van der Waals surface area contributed by atoms with E-state index >= 15 is 0 Å². The Bertz CT molecular complexity index is 646. The topological polar surface area (TPSA) is 56.5 Å². The van der Waals surface area contributed by atoms with Gasteiger partial charge < -0.3 is 9.15 Å². The third-order valence-corrected chi connectivity index (χ3v) is 2.94. The SMILES string of the molecule is COC(=O)c1ccc(C(=O)c2ccc(Cl)cc2Cl)o1. The van der Waals surface area contributed by atoms with Crippen LogP contribution in [0.5, 0.6) is 0 Å². The van der Waals surface area contributed by atoms with Crippen LogP contribution >= 0.6 is 23.2 Å². The number of ketones is 1. The highest BCUT2D eigenvalue weighted by Gasteiger charge is 2.19. The average molecular weight is 299 g/mol. The Morgan fingerprint density at radius 3 is 2.42 bits per heavy atom. The van der Waals surface area contributed by atoms with Gasteiger partial charge in [-0.1, -0.05) is 23.2 Å². The van der Waals surface area contributed by atoms with Crippen molar-refractivity contribution in [1.82, 2.24) is 0 Å². The smallest absolute Gasteiger partial charge is 0.373 e. The van der Waals surface area contributed by atoms with Crippen molar-refractivity contribution < 1.29 is 18.7 Å². The summed E-state index contributed by atoms with van der Waals surface area (Å²) in [6.45, 7) is 0. The van der Waals surface area contributed by atoms with Crippen LogP contribution in [-0.2, 0) is 4.74 Å². The first kappa shape index (κ1) is 13.6. The second-order valence-corrected chi connectivity index (χ2v) is 4.45. The highest BCUT2D eigenvalue weighted by Crippen LogP contribution is 2.24. The molecule has 1 aromatic carbocycles. The lowest BCUT2D eigenvalue weighted by molar-refractivity contribution is 0.0563. The van der Waals surface area contributed by atoms with E-state index in [1.165, 1.54) is 31.4 Å². The van der Waals surface area contributed by atoms with Gasteiger partial charge in [0.2, 0.25) is 11.5 Å². The van der Waals surface area contributed by atoms with Gasteiger partial charge in [-0.2, -0.15) is 0 Å². The summed E-state index contributed by atoms with van der Waals surface area (Å²) in [4.78, 5) is 23.4. The molecule has 0 radical (unpaired) electrons. The lowest BCUT2D eigenvalue weighted by Crippen LogP contribution is -2.02. The molecule has 0 atom stereocenters. The maximum atomic E-state index is 12.1. The standard InChI is InChI=1S/C13H8Cl2O4/c1-18-13(17)11-5-4-10(19-11)12(16)8-3-2-7(14)6-9(8)15/h2-6H,1H3. The van der Waals surface area contributed by atoms with E-state index in [1.54, 1.807) is 6.07 Å². The number of hydrogen-bond acceptors (Lipinski definition) is 4. The van der Waals surface area contributed by atoms with Crippen LogP contribution in [0.25, 0.3) is 0 Å². The molecule has 2 rings (SSSR count). The number of benzene rings is 1. The number of carbonyl (C=O) groups is 2. The summed E-state index contributed by atoms with van der Waals surface area (Å²) in [7, 11) is 1.22. The molecule has 0 N–H and O–H groups in total. The predicted molar refractivity (Wildman–Crippen MR) is 69.9 cm³/mol. The average Bonchev–Trinajstić information content (AvgIpc) is 2.86. The Kier molecular flexibility index (Phi) is 3.93. The molecule has 1 heterocycles. The number of ether oxygens (including phenoxy) is 1. The van der Waals surface area contributed by atoms with Gasteiger partial charge in [-0.15, -0.1) is 0 Å². The number of carbonyl (C=O) groups excluding carboxylic acids is 2. The molecule has 0 fully saturated rings. The summed E-state index contributed by atoms with van der Waals surface area (Å²) in [5.41, 5.74) is 0.247. The number of halogens is 2. The van der Waals surface area contributed by atoms with Crippen LogP contribution in [0.4, 0.5) is 0 Å². The number of furan rings is 1. The Morgan fingerprint density at radius 2 is 1.79 bits per heavy atom. The van der Waals surface area contributed by atoms with Crippen molar-refractivity contribution in [3.05, 3.63) is 57.5 Å². The Labute approximate surface area is 118 Å². The van der Waals surface area contributed by atoms with Gasteiger partial charge in [0.05, 0.1) is 12.1 Å². The molecule has 0 saturated heterocycles. The van der Waals surface area contributed by atoms with Crippen molar-refractivity contribution in [3.63, 3.8) is 0 Å². The molecule has 0 spiro atoms. The molecule has 2 aromatic rings. The lowest BCUT2D eigenvalue weighted by Gasteiger charge is -2.01. The van der Waals surface area contributed by atoms with E-state index in [-0.39, 0.29) is 22.1 Å². The van der Waals surface area contributed by atoms with E-state index in [1.807, 2.05) is 0 Å². The fraction of sp³-hybridized carbons (Fsp3) is 0.0769. The van der Waals surface area contributed by atoms with Gasteiger partial charge in [0.1, 0.15) is 0 Å². The zero-order valence-electron chi connectivity index (χ0n) is 9.78. The van der Waals surface area contributed by atoms with Gasteiger partial charge in [0.25, 0.3) is 0 Å². The largest absolute Gasteiger partial charge is 0.463 e. The molecule has 0 bridgehead atoms. The van der Waals surface area contributed by atoms with Crippen molar-refractivity contribution >= 4 is 35.0 Å². The van der Waals surface area contributed by atoms with Crippen LogP contribution in [0.3, 0.4) is 0 Å². The van der Waals surface area contributed by atoms with E-state index in [4.69, 9.17) is 27.6 Å². The first-order valence-electron chi connectivity index (χ1n) is 5.21. The predicted octanol–water partition coefficient (Wildman–Crippen LogP) is 3.60. The van der Waals surface area contributed by atoms with Gasteiger partial charge in [0, 0.05) is 10.6 Å². The molecule has 0 unspecified atom stereocenters. The van der Waals surface area contributed by atoms with E-state index in [2.05, 4.69) is 4.74 Å². The molecular weight excluding hydrogens is 291 g/mol. The number of hydrogen-bond donors (Lipinski definition) is 0. The zero-order valence-corrected chi connectivity index (χ0v) is 11.3. The molecule has 0 aliphatic rings. The van der Waals surface area contributed by atoms with Crippen LogP contribution in [-0.4, -0.2) is 18.9 Å². The summed E-state index contributed by atoms with van der Waals surface area (Å²) >= 11 is 11.7. The minimum atomic E-state index is -0.652. The first-order valence-corrected chi connectivity index (χ1v) is 5.96. The molecule has 0 amide bonds. The Balaban J connectivity index is 2.34. The van der Waals surface area contributed by atoms with Gasteiger partial charge in [-0.3, -0.25) is 4.79 Å². The maximum Gasteiger partial charge on any atom is 0.373 e. The fourth-order valence-electron chi connectivity index (χ4n) is 1.48. The normalized spacial score (nSPS) is 10.3. The van der Waals surface area contributed by atoms with E-state index in [9.17, 15) is 9.59 Å². The van der Waals surface area contributed by atoms with Crippen LogP contribution < -0.4 is 0 Å². The van der Waals surface area contributed by atoms with Crippen molar-refractivity contribution in [2.24, 2.45) is 0 Å². The van der Waals surface area contributed by atoms with Crippen LogP contribution in [0.1, 0.15) is 26.7 Å². The molecule has 6 heteroatoms. The van der Waals surface area contributed by atoms with E-state index in [0.29, 0.717) is 5.02 Å². The minimum absolute atomic E-state index is 0.00428. The van der Waals surface area contributed by atoms with Gasteiger partial charge in [-0.25, -0.2) is 4.79 Å². The molecule has 1 aromatic heterocycles. The second-order valence-electron chi connectivity index (χ2n) is 3.61. The molecular formula is C13H8Cl2O4. The van der Waals surface area contributed by atoms with Crippen LogP contribution in [0, 0.1) is 0 Å². The number of esters is 1. The molecule has 98 valence electrons. The first-order chi connectivity index (χ1) is 9.02. The molecule has 0 aliphatic heterocycles. The van der Waals surface area contributed by atoms with Crippen molar-refractivity contribution in [2.45, 2.75) is 0 Å². The van der Waals surface area contributed by atoms with Crippen molar-refractivity contribution in [1.29, 1.82) is 0 Å². The van der Waals surface area contributed by atoms with Gasteiger partial charge >= 0.3 is 5.97 Å². The monoisotopic (exact) mass is 298 g/mol. The maximum absolute atomic E-state index is 12.1. The summed E-state index contributed by atoms with van der Waals surface area (Å²) < 4.78 is 9.61. The molecule has 0 aliphatic carbocycles. The third kappa shape index (κ3) is 2.80. The summed E-state index contributed by atoms with van der Waals surface area (Å²) in [5.74, 6) is -1.13. The fourth-order valence-corrected chi connectivity index (χ4v) is 1.97. The zero-order chi connectivity index (χ0) is 14.0. The molecule has 19 heavy (non-hydrogen) atoms. The summed E-state index contributed by atoms with van der Waals surface area (Å²) in [5, 5.41) is 0.643. The Hall–Kier alpha value is -1.78. The van der Waals surface area contributed by atoms with E-state index in [0.717, 1.165) is 0 Å². The Morgan fingerprint density at radius 1 is 1.11 bits per heavy atom. The third-order valence-electron chi connectivity index (χ3n) is 2.39.